The molecule has 5 aromatic rings. The van der Waals surface area contributed by atoms with E-state index in [2.05, 4.69) is 41.4 Å². The van der Waals surface area contributed by atoms with Gasteiger partial charge in [-0.25, -0.2) is 14.6 Å². The number of carbonyl (C=O) groups is 1. The van der Waals surface area contributed by atoms with Crippen molar-refractivity contribution in [3.05, 3.63) is 89.9 Å². The molecule has 5 rings (SSSR count). The lowest BCUT2D eigenvalue weighted by molar-refractivity contribution is 0.101. The molecule has 3 N–H and O–H groups in total. The highest BCUT2D eigenvalue weighted by Crippen LogP contribution is 2.34. The number of nitrogens with one attached hydrogen (secondary N) is 2. The van der Waals surface area contributed by atoms with E-state index in [1.165, 1.54) is 0 Å². The molecule has 0 saturated heterocycles. The van der Waals surface area contributed by atoms with Gasteiger partial charge in [-0.15, -0.1) is 0 Å². The first-order valence-corrected chi connectivity index (χ1v) is 13.3. The van der Waals surface area contributed by atoms with Gasteiger partial charge < -0.3 is 15.7 Å². The zero-order valence-corrected chi connectivity index (χ0v) is 23.6. The first kappa shape index (κ1) is 26.9. The van der Waals surface area contributed by atoms with Crippen LogP contribution in [-0.4, -0.2) is 36.8 Å². The largest absolute Gasteiger partial charge is 0.507 e. The van der Waals surface area contributed by atoms with E-state index in [0.29, 0.717) is 28.4 Å². The predicted molar refractivity (Wildman–Crippen MR) is 160 cm³/mol. The molecular weight excluding hydrogens is 500 g/mol. The van der Waals surface area contributed by atoms with Gasteiger partial charge in [0.2, 0.25) is 5.95 Å². The summed E-state index contributed by atoms with van der Waals surface area (Å²) in [4.78, 5) is 22.5. The number of hydrogen-bond acceptors (Lipinski definition) is 6. The Balaban J connectivity index is 1.46. The van der Waals surface area contributed by atoms with E-state index in [9.17, 15) is 9.90 Å². The molecule has 1 amide bonds. The molecule has 204 valence electrons. The number of amides is 1. The van der Waals surface area contributed by atoms with Crippen LogP contribution in [0.4, 0.5) is 11.6 Å². The highest BCUT2D eigenvalue weighted by Gasteiger charge is 2.24. The number of anilines is 2. The van der Waals surface area contributed by atoms with Gasteiger partial charge in [0.15, 0.2) is 0 Å². The third kappa shape index (κ3) is 5.66. The molecule has 0 bridgehead atoms. The molecular formula is C32H34N6O2. The number of aryl methyl sites for hydroxylation is 1. The van der Waals surface area contributed by atoms with Crippen molar-refractivity contribution in [3.8, 4) is 22.6 Å². The number of carbonyl (C=O) groups excluding carboxylic acids is 1. The minimum atomic E-state index is -0.276. The van der Waals surface area contributed by atoms with Crippen molar-refractivity contribution in [1.82, 2.24) is 19.7 Å². The monoisotopic (exact) mass is 534 g/mol. The van der Waals surface area contributed by atoms with E-state index >= 15 is 0 Å². The van der Waals surface area contributed by atoms with Crippen LogP contribution in [0.1, 0.15) is 56.4 Å². The number of benzene rings is 3. The van der Waals surface area contributed by atoms with Crippen LogP contribution in [0.25, 0.3) is 27.7 Å². The maximum Gasteiger partial charge on any atom is 0.274 e. The van der Waals surface area contributed by atoms with Crippen molar-refractivity contribution in [2.45, 2.75) is 53.0 Å². The number of fused-ring (bicyclic) bond motifs is 1. The van der Waals surface area contributed by atoms with Gasteiger partial charge in [0, 0.05) is 40.4 Å². The fourth-order valence-electron chi connectivity index (χ4n) is 4.38. The van der Waals surface area contributed by atoms with E-state index in [0.717, 1.165) is 27.9 Å². The van der Waals surface area contributed by atoms with Gasteiger partial charge in [-0.1, -0.05) is 50.6 Å². The van der Waals surface area contributed by atoms with Gasteiger partial charge >= 0.3 is 0 Å². The summed E-state index contributed by atoms with van der Waals surface area (Å²) in [7, 11) is 0. The molecule has 0 aliphatic carbocycles. The van der Waals surface area contributed by atoms with E-state index in [1.54, 1.807) is 16.9 Å². The van der Waals surface area contributed by atoms with E-state index in [4.69, 9.17) is 5.10 Å². The minimum Gasteiger partial charge on any atom is -0.507 e. The molecule has 0 atom stereocenters. The Labute approximate surface area is 234 Å². The molecule has 0 unspecified atom stereocenters. The first-order chi connectivity index (χ1) is 19.0. The van der Waals surface area contributed by atoms with Gasteiger partial charge in [-0.3, -0.25) is 4.79 Å². The molecule has 0 aliphatic rings. The average molecular weight is 535 g/mol. The Morgan fingerprint density at radius 1 is 1.00 bits per heavy atom. The summed E-state index contributed by atoms with van der Waals surface area (Å²) < 4.78 is 1.69. The Kier molecular flexibility index (Phi) is 7.02. The summed E-state index contributed by atoms with van der Waals surface area (Å²) >= 11 is 0. The number of aromatic hydroxyl groups is 1. The van der Waals surface area contributed by atoms with E-state index in [1.807, 2.05) is 81.4 Å². The number of rotatable bonds is 6. The molecule has 2 heterocycles. The lowest BCUT2D eigenvalue weighted by Gasteiger charge is -2.14. The van der Waals surface area contributed by atoms with Gasteiger partial charge in [0.1, 0.15) is 11.4 Å². The molecule has 0 radical (unpaired) electrons. The molecule has 0 spiro atoms. The Morgan fingerprint density at radius 2 is 1.75 bits per heavy atom. The molecule has 0 saturated carbocycles. The third-order valence-electron chi connectivity index (χ3n) is 6.54. The SMILES string of the molecule is Cc1ccc(-n2nc(C(C)(C)C)cc2C(=O)Nc2cccc(-c3cc4cnc(NC(C)C)nc4cc3O)c2)cc1. The fraction of sp³-hybridized carbons (Fsp3) is 0.250. The Bertz CT molecular complexity index is 1700. The van der Waals surface area contributed by atoms with Crippen LogP contribution in [-0.2, 0) is 5.41 Å². The van der Waals surface area contributed by atoms with Gasteiger partial charge in [-0.2, -0.15) is 5.10 Å². The van der Waals surface area contributed by atoms with Gasteiger partial charge in [0.25, 0.3) is 5.91 Å². The Hall–Kier alpha value is -4.72. The number of aromatic nitrogens is 4. The van der Waals surface area contributed by atoms with Crippen LogP contribution in [0.3, 0.4) is 0 Å². The summed E-state index contributed by atoms with van der Waals surface area (Å²) in [5.74, 6) is 0.332. The molecule has 40 heavy (non-hydrogen) atoms. The fourth-order valence-corrected chi connectivity index (χ4v) is 4.38. The van der Waals surface area contributed by atoms with Crippen molar-refractivity contribution in [1.29, 1.82) is 0 Å². The second kappa shape index (κ2) is 10.4. The average Bonchev–Trinajstić information content (AvgIpc) is 3.35. The Morgan fingerprint density at radius 3 is 2.45 bits per heavy atom. The van der Waals surface area contributed by atoms with E-state index < -0.39 is 0 Å². The quantitative estimate of drug-likeness (QED) is 0.220. The lowest BCUT2D eigenvalue weighted by Crippen LogP contribution is -2.17. The van der Waals surface area contributed by atoms with Crippen molar-refractivity contribution in [2.24, 2.45) is 0 Å². The molecule has 0 fully saturated rings. The topological polar surface area (TPSA) is 105 Å². The van der Waals surface area contributed by atoms with Gasteiger partial charge in [-0.05, 0) is 62.7 Å². The number of hydrogen-bond donors (Lipinski definition) is 3. The third-order valence-corrected chi connectivity index (χ3v) is 6.54. The summed E-state index contributed by atoms with van der Waals surface area (Å²) in [6.45, 7) is 12.3. The highest BCUT2D eigenvalue weighted by atomic mass is 16.3. The molecule has 3 aromatic carbocycles. The second-order valence-electron chi connectivity index (χ2n) is 11.4. The van der Waals surface area contributed by atoms with Crippen molar-refractivity contribution >= 4 is 28.4 Å². The summed E-state index contributed by atoms with van der Waals surface area (Å²) in [5.41, 5.74) is 5.60. The molecule has 0 aliphatic heterocycles. The predicted octanol–water partition coefficient (Wildman–Crippen LogP) is 6.87. The van der Waals surface area contributed by atoms with Gasteiger partial charge in [0.05, 0.1) is 16.9 Å². The van der Waals surface area contributed by atoms with Crippen LogP contribution >= 0.6 is 0 Å². The standard InChI is InChI=1S/C32H34N6O2/c1-19(2)34-31-33-18-22-15-25(28(39)16-26(22)36-31)21-8-7-9-23(14-21)35-30(40)27-17-29(32(4,5)6)37-38(27)24-12-10-20(3)11-13-24/h7-19,39H,1-6H3,(H,35,40)(H,33,34,36). The van der Waals surface area contributed by atoms with Crippen LogP contribution < -0.4 is 10.6 Å². The maximum atomic E-state index is 13.6. The zero-order chi connectivity index (χ0) is 28.6. The lowest BCUT2D eigenvalue weighted by atomic mass is 9.92. The van der Waals surface area contributed by atoms with E-state index in [-0.39, 0.29) is 23.1 Å². The maximum absolute atomic E-state index is 13.6. The van der Waals surface area contributed by atoms with Crippen molar-refractivity contribution < 1.29 is 9.90 Å². The zero-order valence-electron chi connectivity index (χ0n) is 23.6. The van der Waals surface area contributed by atoms with Crippen LogP contribution in [0.2, 0.25) is 0 Å². The normalized spacial score (nSPS) is 11.7. The molecule has 2 aromatic heterocycles. The highest BCUT2D eigenvalue weighted by molar-refractivity contribution is 6.04. The molecule has 8 nitrogen and oxygen atoms in total. The number of phenolic OH excluding ortho intramolecular Hbond substituents is 1. The van der Waals surface area contributed by atoms with Crippen molar-refractivity contribution in [2.75, 3.05) is 10.6 Å². The number of phenols is 1. The van der Waals surface area contributed by atoms with Crippen LogP contribution in [0.5, 0.6) is 5.75 Å². The molecule has 8 heteroatoms. The summed E-state index contributed by atoms with van der Waals surface area (Å²) in [6, 6.07) is 20.8. The van der Waals surface area contributed by atoms with Crippen LogP contribution in [0.15, 0.2) is 72.9 Å². The summed E-state index contributed by atoms with van der Waals surface area (Å²) in [5, 5.41) is 22.6. The van der Waals surface area contributed by atoms with Crippen molar-refractivity contribution in [3.63, 3.8) is 0 Å². The summed E-state index contributed by atoms with van der Waals surface area (Å²) in [6.07, 6.45) is 1.74. The second-order valence-corrected chi connectivity index (χ2v) is 11.4. The number of nitrogens with zero attached hydrogens (tertiary/aromatic N) is 4. The first-order valence-electron chi connectivity index (χ1n) is 13.3. The minimum absolute atomic E-state index is 0.0949. The smallest absolute Gasteiger partial charge is 0.274 e. The van der Waals surface area contributed by atoms with Crippen LogP contribution in [0, 0.1) is 6.92 Å².